The summed E-state index contributed by atoms with van der Waals surface area (Å²) in [7, 11) is 0. The lowest BCUT2D eigenvalue weighted by Gasteiger charge is -2.23. The van der Waals surface area contributed by atoms with Crippen molar-refractivity contribution in [3.05, 3.63) is 34.2 Å². The number of thiazole rings is 1. The van der Waals surface area contributed by atoms with Crippen molar-refractivity contribution in [1.29, 1.82) is 0 Å². The van der Waals surface area contributed by atoms with Crippen molar-refractivity contribution in [2.45, 2.75) is 11.7 Å². The van der Waals surface area contributed by atoms with Gasteiger partial charge in [-0.2, -0.15) is 0 Å². The summed E-state index contributed by atoms with van der Waals surface area (Å²) in [5, 5.41) is 5.82. The summed E-state index contributed by atoms with van der Waals surface area (Å²) in [6.45, 7) is 0.367. The van der Waals surface area contributed by atoms with E-state index in [0.717, 1.165) is 0 Å². The van der Waals surface area contributed by atoms with Crippen molar-refractivity contribution < 1.29 is 4.79 Å². The highest BCUT2D eigenvalue weighted by atomic mass is 32.2. The standard InChI is InChI=1S/C11H10N4O2S2/c16-8-1-2-13-11-15(8)5-7(6-19-11)9(17)14-10-12-3-4-18-10/h1-4,7H,5-6H2,(H,12,14,17). The van der Waals surface area contributed by atoms with Gasteiger partial charge in [0.1, 0.15) is 0 Å². The maximum atomic E-state index is 12.1. The van der Waals surface area contributed by atoms with Crippen LogP contribution in [0.3, 0.4) is 0 Å². The normalized spacial score (nSPS) is 17.8. The number of anilines is 1. The maximum Gasteiger partial charge on any atom is 0.254 e. The number of thioether (sulfide) groups is 1. The van der Waals surface area contributed by atoms with E-state index < -0.39 is 0 Å². The van der Waals surface area contributed by atoms with Gasteiger partial charge in [0.25, 0.3) is 5.56 Å². The van der Waals surface area contributed by atoms with Gasteiger partial charge in [0.05, 0.1) is 5.92 Å². The van der Waals surface area contributed by atoms with E-state index in [9.17, 15) is 9.59 Å². The summed E-state index contributed by atoms with van der Waals surface area (Å²) in [6, 6.07) is 1.41. The van der Waals surface area contributed by atoms with Crippen LogP contribution >= 0.6 is 23.1 Å². The Hall–Kier alpha value is -1.67. The molecular weight excluding hydrogens is 284 g/mol. The summed E-state index contributed by atoms with van der Waals surface area (Å²) in [5.74, 6) is 0.264. The Bertz CT molecular complexity index is 653. The van der Waals surface area contributed by atoms with Crippen LogP contribution in [0.2, 0.25) is 0 Å². The zero-order valence-corrected chi connectivity index (χ0v) is 11.4. The molecule has 1 unspecified atom stereocenters. The quantitative estimate of drug-likeness (QED) is 0.838. The molecular formula is C11H10N4O2S2. The molecule has 2 aromatic rings. The van der Waals surface area contributed by atoms with Gasteiger partial charge in [0.2, 0.25) is 5.91 Å². The first kappa shape index (κ1) is 12.4. The van der Waals surface area contributed by atoms with Crippen LogP contribution in [-0.2, 0) is 11.3 Å². The van der Waals surface area contributed by atoms with Crippen LogP contribution in [0.1, 0.15) is 0 Å². The number of fused-ring (bicyclic) bond motifs is 1. The molecule has 1 atom stereocenters. The molecule has 2 aromatic heterocycles. The average molecular weight is 294 g/mol. The molecule has 0 aliphatic carbocycles. The number of hydrogen-bond donors (Lipinski definition) is 1. The second-order valence-corrected chi connectivity index (χ2v) is 5.89. The van der Waals surface area contributed by atoms with E-state index in [2.05, 4.69) is 15.3 Å². The van der Waals surface area contributed by atoms with Gasteiger partial charge >= 0.3 is 0 Å². The first-order valence-corrected chi connectivity index (χ1v) is 7.49. The van der Waals surface area contributed by atoms with Crippen LogP contribution in [0.25, 0.3) is 0 Å². The van der Waals surface area contributed by atoms with Gasteiger partial charge in [0, 0.05) is 36.1 Å². The van der Waals surface area contributed by atoms with Crippen molar-refractivity contribution in [2.24, 2.45) is 5.92 Å². The summed E-state index contributed by atoms with van der Waals surface area (Å²) < 4.78 is 1.54. The monoisotopic (exact) mass is 294 g/mol. The van der Waals surface area contributed by atoms with Crippen LogP contribution in [-0.4, -0.2) is 26.2 Å². The molecule has 0 saturated carbocycles. The van der Waals surface area contributed by atoms with E-state index in [1.54, 1.807) is 16.1 Å². The Kier molecular flexibility index (Phi) is 3.34. The highest BCUT2D eigenvalue weighted by Gasteiger charge is 2.26. The largest absolute Gasteiger partial charge is 0.302 e. The van der Waals surface area contributed by atoms with Crippen LogP contribution in [0.4, 0.5) is 5.13 Å². The SMILES string of the molecule is O=C(Nc1nccs1)C1CSc2nccc(=O)n2C1. The number of carbonyl (C=O) groups is 1. The highest BCUT2D eigenvalue weighted by Crippen LogP contribution is 2.25. The Balaban J connectivity index is 1.76. The predicted molar refractivity (Wildman–Crippen MR) is 73.5 cm³/mol. The maximum absolute atomic E-state index is 12.1. The molecule has 6 nitrogen and oxygen atoms in total. The average Bonchev–Trinajstić information content (AvgIpc) is 2.92. The van der Waals surface area contributed by atoms with Crippen LogP contribution < -0.4 is 10.9 Å². The second-order valence-electron chi connectivity index (χ2n) is 4.01. The van der Waals surface area contributed by atoms with Gasteiger partial charge in [-0.05, 0) is 0 Å². The van der Waals surface area contributed by atoms with Crippen LogP contribution in [0.5, 0.6) is 0 Å². The Morgan fingerprint density at radius 2 is 2.32 bits per heavy atom. The molecule has 3 rings (SSSR count). The summed E-state index contributed by atoms with van der Waals surface area (Å²) in [4.78, 5) is 32.0. The third-order valence-electron chi connectivity index (χ3n) is 2.75. The molecule has 0 saturated heterocycles. The number of hydrogen-bond acceptors (Lipinski definition) is 6. The number of nitrogens with zero attached hydrogens (tertiary/aromatic N) is 3. The highest BCUT2D eigenvalue weighted by molar-refractivity contribution is 7.99. The molecule has 0 spiro atoms. The van der Waals surface area contributed by atoms with E-state index in [1.807, 2.05) is 0 Å². The minimum Gasteiger partial charge on any atom is -0.302 e. The lowest BCUT2D eigenvalue weighted by Crippen LogP contribution is -2.36. The fourth-order valence-electron chi connectivity index (χ4n) is 1.80. The van der Waals surface area contributed by atoms with E-state index in [4.69, 9.17) is 0 Å². The molecule has 1 amide bonds. The molecule has 8 heteroatoms. The van der Waals surface area contributed by atoms with E-state index >= 15 is 0 Å². The minimum absolute atomic E-state index is 0.108. The fraction of sp³-hybridized carbons (Fsp3) is 0.273. The van der Waals surface area contributed by atoms with Gasteiger partial charge in [0.15, 0.2) is 10.3 Å². The molecule has 0 radical (unpaired) electrons. The van der Waals surface area contributed by atoms with Crippen molar-refractivity contribution in [2.75, 3.05) is 11.1 Å². The molecule has 1 aliphatic heterocycles. The Morgan fingerprint density at radius 1 is 1.42 bits per heavy atom. The van der Waals surface area contributed by atoms with E-state index in [1.165, 1.54) is 35.4 Å². The number of amides is 1. The van der Waals surface area contributed by atoms with Crippen LogP contribution in [0, 0.1) is 5.92 Å². The Morgan fingerprint density at radius 3 is 3.11 bits per heavy atom. The van der Waals surface area contributed by atoms with Crippen molar-refractivity contribution in [1.82, 2.24) is 14.5 Å². The summed E-state index contributed by atoms with van der Waals surface area (Å²) in [5.41, 5.74) is -0.121. The van der Waals surface area contributed by atoms with Crippen molar-refractivity contribution in [3.63, 3.8) is 0 Å². The number of carbonyl (C=O) groups excluding carboxylic acids is 1. The molecule has 3 heterocycles. The van der Waals surface area contributed by atoms with E-state index in [-0.39, 0.29) is 17.4 Å². The lowest BCUT2D eigenvalue weighted by atomic mass is 10.1. The lowest BCUT2D eigenvalue weighted by molar-refractivity contribution is -0.119. The molecule has 1 N–H and O–H groups in total. The molecule has 19 heavy (non-hydrogen) atoms. The first-order valence-electron chi connectivity index (χ1n) is 5.63. The van der Waals surface area contributed by atoms with Gasteiger partial charge in [-0.25, -0.2) is 9.97 Å². The number of rotatable bonds is 2. The predicted octanol–water partition coefficient (Wildman–Crippen LogP) is 1.06. The zero-order chi connectivity index (χ0) is 13.2. The minimum atomic E-state index is -0.247. The number of aromatic nitrogens is 3. The molecule has 0 aromatic carbocycles. The van der Waals surface area contributed by atoms with Gasteiger partial charge < -0.3 is 5.32 Å². The molecule has 1 aliphatic rings. The summed E-state index contributed by atoms with van der Waals surface area (Å²) >= 11 is 2.80. The third kappa shape index (κ3) is 2.54. The molecule has 0 fully saturated rings. The Labute approximate surface area is 116 Å². The molecule has 0 bridgehead atoms. The van der Waals surface area contributed by atoms with Gasteiger partial charge in [-0.3, -0.25) is 14.2 Å². The van der Waals surface area contributed by atoms with Crippen LogP contribution in [0.15, 0.2) is 33.8 Å². The van der Waals surface area contributed by atoms with Gasteiger partial charge in [-0.1, -0.05) is 11.8 Å². The molecule has 98 valence electrons. The second kappa shape index (κ2) is 5.14. The van der Waals surface area contributed by atoms with Gasteiger partial charge in [-0.15, -0.1) is 11.3 Å². The third-order valence-corrected chi connectivity index (χ3v) is 4.59. The number of nitrogens with one attached hydrogen (secondary N) is 1. The first-order chi connectivity index (χ1) is 9.24. The van der Waals surface area contributed by atoms with Crippen molar-refractivity contribution >= 4 is 34.1 Å². The zero-order valence-electron chi connectivity index (χ0n) is 9.78. The summed E-state index contributed by atoms with van der Waals surface area (Å²) in [6.07, 6.45) is 3.14. The van der Waals surface area contributed by atoms with E-state index in [0.29, 0.717) is 22.6 Å². The topological polar surface area (TPSA) is 76.9 Å². The smallest absolute Gasteiger partial charge is 0.254 e. The van der Waals surface area contributed by atoms with Crippen molar-refractivity contribution in [3.8, 4) is 0 Å². The fourth-order valence-corrected chi connectivity index (χ4v) is 3.40.